The van der Waals surface area contributed by atoms with Crippen LogP contribution in [0.4, 0.5) is 5.00 Å². The number of hydrogen-bond donors (Lipinski definition) is 1. The van der Waals surface area contributed by atoms with Gasteiger partial charge in [0.25, 0.3) is 0 Å². The molecule has 8 nitrogen and oxygen atoms in total. The van der Waals surface area contributed by atoms with E-state index in [0.717, 1.165) is 9.56 Å². The minimum Gasteiger partial charge on any atom is -0.462 e. The Morgan fingerprint density at radius 2 is 2.16 bits per heavy atom. The second-order valence-electron chi connectivity index (χ2n) is 5.24. The van der Waals surface area contributed by atoms with E-state index in [4.69, 9.17) is 4.74 Å². The molecular formula is C16H16N4O4S. The molecule has 1 amide bonds. The summed E-state index contributed by atoms with van der Waals surface area (Å²) in [6, 6.07) is 6.80. The molecule has 0 bridgehead atoms. The molecule has 25 heavy (non-hydrogen) atoms. The van der Waals surface area contributed by atoms with Crippen LogP contribution >= 0.6 is 11.3 Å². The van der Waals surface area contributed by atoms with Crippen LogP contribution in [0.1, 0.15) is 22.2 Å². The van der Waals surface area contributed by atoms with Crippen LogP contribution in [0.15, 0.2) is 35.3 Å². The van der Waals surface area contributed by atoms with Gasteiger partial charge in [0.1, 0.15) is 11.5 Å². The highest BCUT2D eigenvalue weighted by Gasteiger charge is 2.19. The van der Waals surface area contributed by atoms with E-state index in [1.165, 1.54) is 15.7 Å². The fourth-order valence-corrected chi connectivity index (χ4v) is 3.26. The SMILES string of the molecule is CCOC(=O)c1cc(C)sc1NC(=O)Cn1nc2ccccn2c1=O. The van der Waals surface area contributed by atoms with Crippen LogP contribution in [0.25, 0.3) is 5.65 Å². The minimum atomic E-state index is -0.493. The Morgan fingerprint density at radius 3 is 2.88 bits per heavy atom. The lowest BCUT2D eigenvalue weighted by atomic mass is 10.3. The topological polar surface area (TPSA) is 94.7 Å². The maximum atomic E-state index is 12.3. The zero-order valence-corrected chi connectivity index (χ0v) is 14.5. The summed E-state index contributed by atoms with van der Waals surface area (Å²) in [5, 5.41) is 7.17. The molecule has 0 radical (unpaired) electrons. The molecule has 0 spiro atoms. The van der Waals surface area contributed by atoms with Gasteiger partial charge >= 0.3 is 11.7 Å². The van der Waals surface area contributed by atoms with Gasteiger partial charge in [0, 0.05) is 11.1 Å². The van der Waals surface area contributed by atoms with Crippen molar-refractivity contribution < 1.29 is 14.3 Å². The third-order valence-corrected chi connectivity index (χ3v) is 4.35. The number of rotatable bonds is 5. The van der Waals surface area contributed by atoms with Crippen molar-refractivity contribution >= 4 is 33.9 Å². The van der Waals surface area contributed by atoms with Crippen LogP contribution in [0, 0.1) is 6.92 Å². The molecule has 0 saturated heterocycles. The molecule has 3 heterocycles. The maximum absolute atomic E-state index is 12.3. The Labute approximate surface area is 146 Å². The summed E-state index contributed by atoms with van der Waals surface area (Å²) in [5.41, 5.74) is 0.359. The second-order valence-corrected chi connectivity index (χ2v) is 6.49. The predicted molar refractivity (Wildman–Crippen MR) is 93.1 cm³/mol. The molecule has 0 unspecified atom stereocenters. The zero-order chi connectivity index (χ0) is 18.0. The van der Waals surface area contributed by atoms with E-state index in [0.29, 0.717) is 16.2 Å². The Bertz CT molecular complexity index is 1000. The van der Waals surface area contributed by atoms with Gasteiger partial charge in [-0.25, -0.2) is 14.3 Å². The van der Waals surface area contributed by atoms with Gasteiger partial charge in [-0.05, 0) is 32.0 Å². The van der Waals surface area contributed by atoms with Crippen molar-refractivity contribution in [2.75, 3.05) is 11.9 Å². The Balaban J connectivity index is 1.80. The van der Waals surface area contributed by atoms with E-state index in [2.05, 4.69) is 10.4 Å². The monoisotopic (exact) mass is 360 g/mol. The first-order valence-electron chi connectivity index (χ1n) is 7.61. The lowest BCUT2D eigenvalue weighted by Crippen LogP contribution is -2.28. The summed E-state index contributed by atoms with van der Waals surface area (Å²) in [7, 11) is 0. The number of anilines is 1. The molecule has 0 aliphatic carbocycles. The van der Waals surface area contributed by atoms with Crippen molar-refractivity contribution in [2.45, 2.75) is 20.4 Å². The molecular weight excluding hydrogens is 344 g/mol. The number of nitrogens with zero attached hydrogens (tertiary/aromatic N) is 3. The number of ether oxygens (including phenoxy) is 1. The maximum Gasteiger partial charge on any atom is 0.350 e. The molecule has 0 aromatic carbocycles. The standard InChI is InChI=1S/C16H16N4O4S/c1-3-24-15(22)11-8-10(2)25-14(11)17-13(21)9-20-16(23)19-7-5-4-6-12(19)18-20/h4-8H,3,9H2,1-2H3,(H,17,21). The number of aryl methyl sites for hydroxylation is 1. The molecule has 0 saturated carbocycles. The highest BCUT2D eigenvalue weighted by molar-refractivity contribution is 7.16. The van der Waals surface area contributed by atoms with E-state index < -0.39 is 17.6 Å². The number of aromatic nitrogens is 3. The van der Waals surface area contributed by atoms with Gasteiger partial charge in [-0.15, -0.1) is 16.4 Å². The van der Waals surface area contributed by atoms with Crippen LogP contribution in [-0.2, 0) is 16.1 Å². The number of amides is 1. The molecule has 1 N–H and O–H groups in total. The molecule has 9 heteroatoms. The molecule has 0 aliphatic rings. The lowest BCUT2D eigenvalue weighted by Gasteiger charge is -2.05. The average molecular weight is 360 g/mol. The minimum absolute atomic E-state index is 0.248. The molecule has 0 fully saturated rings. The molecule has 0 atom stereocenters. The smallest absolute Gasteiger partial charge is 0.350 e. The Morgan fingerprint density at radius 1 is 1.36 bits per heavy atom. The summed E-state index contributed by atoms with van der Waals surface area (Å²) in [6.45, 7) is 3.54. The summed E-state index contributed by atoms with van der Waals surface area (Å²) in [5.74, 6) is -0.940. The lowest BCUT2D eigenvalue weighted by molar-refractivity contribution is -0.116. The first-order chi connectivity index (χ1) is 12.0. The molecule has 3 rings (SSSR count). The highest BCUT2D eigenvalue weighted by atomic mass is 32.1. The van der Waals surface area contributed by atoms with Crippen molar-refractivity contribution in [3.05, 3.63) is 51.4 Å². The molecule has 0 aliphatic heterocycles. The van der Waals surface area contributed by atoms with Crippen LogP contribution in [0.2, 0.25) is 0 Å². The van der Waals surface area contributed by atoms with E-state index >= 15 is 0 Å². The largest absolute Gasteiger partial charge is 0.462 e. The Kier molecular flexibility index (Phi) is 4.66. The van der Waals surface area contributed by atoms with Gasteiger partial charge < -0.3 is 10.1 Å². The summed E-state index contributed by atoms with van der Waals surface area (Å²) >= 11 is 1.27. The number of carbonyl (C=O) groups excluding carboxylic acids is 2. The summed E-state index contributed by atoms with van der Waals surface area (Å²) in [4.78, 5) is 37.3. The van der Waals surface area contributed by atoms with Gasteiger partial charge in [-0.3, -0.25) is 9.20 Å². The van der Waals surface area contributed by atoms with E-state index in [1.54, 1.807) is 37.4 Å². The van der Waals surface area contributed by atoms with E-state index in [1.807, 2.05) is 6.92 Å². The number of pyridine rings is 1. The molecule has 3 aromatic rings. The third-order valence-electron chi connectivity index (χ3n) is 3.39. The van der Waals surface area contributed by atoms with Crippen LogP contribution < -0.4 is 11.0 Å². The number of carbonyl (C=O) groups is 2. The summed E-state index contributed by atoms with van der Waals surface area (Å²) in [6.07, 6.45) is 1.58. The van der Waals surface area contributed by atoms with Crippen molar-refractivity contribution in [3.8, 4) is 0 Å². The average Bonchev–Trinajstić information content (AvgIpc) is 3.08. The number of fused-ring (bicyclic) bond motifs is 1. The predicted octanol–water partition coefficient (Wildman–Crippen LogP) is 1.68. The van der Waals surface area contributed by atoms with Crippen molar-refractivity contribution in [1.29, 1.82) is 0 Å². The van der Waals surface area contributed by atoms with Gasteiger partial charge in [0.15, 0.2) is 5.65 Å². The first-order valence-corrected chi connectivity index (χ1v) is 8.43. The quantitative estimate of drug-likeness (QED) is 0.699. The van der Waals surface area contributed by atoms with Crippen molar-refractivity contribution in [3.63, 3.8) is 0 Å². The second kappa shape index (κ2) is 6.89. The van der Waals surface area contributed by atoms with E-state index in [-0.39, 0.29) is 13.2 Å². The normalized spacial score (nSPS) is 10.8. The van der Waals surface area contributed by atoms with Gasteiger partial charge in [0.2, 0.25) is 5.91 Å². The molecule has 130 valence electrons. The number of nitrogens with one attached hydrogen (secondary N) is 1. The van der Waals surface area contributed by atoms with Gasteiger partial charge in [-0.1, -0.05) is 6.07 Å². The fourth-order valence-electron chi connectivity index (χ4n) is 2.34. The molecule has 3 aromatic heterocycles. The van der Waals surface area contributed by atoms with E-state index in [9.17, 15) is 14.4 Å². The number of thiophene rings is 1. The van der Waals surface area contributed by atoms with Gasteiger partial charge in [0.05, 0.1) is 12.2 Å². The summed E-state index contributed by atoms with van der Waals surface area (Å²) < 4.78 is 7.42. The van der Waals surface area contributed by atoms with Crippen LogP contribution in [0.5, 0.6) is 0 Å². The van der Waals surface area contributed by atoms with Crippen molar-refractivity contribution in [2.24, 2.45) is 0 Å². The first kappa shape index (κ1) is 16.9. The highest BCUT2D eigenvalue weighted by Crippen LogP contribution is 2.28. The Hall–Kier alpha value is -2.94. The van der Waals surface area contributed by atoms with Crippen LogP contribution in [0.3, 0.4) is 0 Å². The third kappa shape index (κ3) is 3.45. The van der Waals surface area contributed by atoms with Crippen molar-refractivity contribution in [1.82, 2.24) is 14.2 Å². The van der Waals surface area contributed by atoms with Gasteiger partial charge in [-0.2, -0.15) is 0 Å². The fraction of sp³-hybridized carbons (Fsp3) is 0.250. The zero-order valence-electron chi connectivity index (χ0n) is 13.7. The number of esters is 1. The van der Waals surface area contributed by atoms with Crippen LogP contribution in [-0.4, -0.2) is 32.7 Å². The number of hydrogen-bond acceptors (Lipinski definition) is 6.